The Hall–Kier alpha value is -2.16. The fourth-order valence-corrected chi connectivity index (χ4v) is 5.21. The molecule has 0 spiro atoms. The summed E-state index contributed by atoms with van der Waals surface area (Å²) in [6.07, 6.45) is 4.93. The highest BCUT2D eigenvalue weighted by Gasteiger charge is 2.27. The summed E-state index contributed by atoms with van der Waals surface area (Å²) in [5.74, 6) is 1.19. The smallest absolute Gasteiger partial charge is 0.244 e. The SMILES string of the molecule is Cc1ccc(-c2nc(CSc3ccc(S(=O)(=O)N4CCCC4)cn3)co2)cc1. The van der Waals surface area contributed by atoms with E-state index in [0.29, 0.717) is 24.7 Å². The van der Waals surface area contributed by atoms with Gasteiger partial charge in [-0.2, -0.15) is 4.31 Å². The summed E-state index contributed by atoms with van der Waals surface area (Å²) >= 11 is 1.49. The van der Waals surface area contributed by atoms with Crippen LogP contribution in [0.15, 0.2) is 63.2 Å². The van der Waals surface area contributed by atoms with E-state index in [0.717, 1.165) is 29.1 Å². The van der Waals surface area contributed by atoms with Crippen LogP contribution in [0.25, 0.3) is 11.5 Å². The molecule has 0 unspecified atom stereocenters. The molecule has 3 heterocycles. The number of sulfonamides is 1. The van der Waals surface area contributed by atoms with Crippen molar-refractivity contribution in [2.75, 3.05) is 13.1 Å². The highest BCUT2D eigenvalue weighted by Crippen LogP contribution is 2.26. The zero-order valence-electron chi connectivity index (χ0n) is 15.5. The normalized spacial score (nSPS) is 15.2. The largest absolute Gasteiger partial charge is 0.444 e. The van der Waals surface area contributed by atoms with Gasteiger partial charge in [0.25, 0.3) is 0 Å². The van der Waals surface area contributed by atoms with Crippen LogP contribution in [0.4, 0.5) is 0 Å². The van der Waals surface area contributed by atoms with Gasteiger partial charge < -0.3 is 4.42 Å². The minimum Gasteiger partial charge on any atom is -0.444 e. The molecule has 4 rings (SSSR count). The Balaban J connectivity index is 1.40. The topological polar surface area (TPSA) is 76.3 Å². The molecule has 8 heteroatoms. The van der Waals surface area contributed by atoms with Crippen molar-refractivity contribution >= 4 is 21.8 Å². The maximum absolute atomic E-state index is 12.5. The summed E-state index contributed by atoms with van der Waals surface area (Å²) in [6, 6.07) is 11.4. The average molecular weight is 416 g/mol. The Morgan fingerprint density at radius 2 is 1.86 bits per heavy atom. The molecule has 0 amide bonds. The lowest BCUT2D eigenvalue weighted by Gasteiger charge is -2.15. The minimum absolute atomic E-state index is 0.252. The molecule has 6 nitrogen and oxygen atoms in total. The van der Waals surface area contributed by atoms with Gasteiger partial charge in [-0.3, -0.25) is 0 Å². The van der Waals surface area contributed by atoms with Crippen molar-refractivity contribution in [1.29, 1.82) is 0 Å². The summed E-state index contributed by atoms with van der Waals surface area (Å²) in [6.45, 7) is 3.22. The summed E-state index contributed by atoms with van der Waals surface area (Å²) in [4.78, 5) is 9.07. The van der Waals surface area contributed by atoms with Crippen molar-refractivity contribution in [3.8, 4) is 11.5 Å². The van der Waals surface area contributed by atoms with E-state index < -0.39 is 10.0 Å². The quantitative estimate of drug-likeness (QED) is 0.564. The number of aryl methyl sites for hydroxylation is 1. The van der Waals surface area contributed by atoms with E-state index in [1.807, 2.05) is 31.2 Å². The predicted octanol–water partition coefficient (Wildman–Crippen LogP) is 4.12. The van der Waals surface area contributed by atoms with Crippen LogP contribution < -0.4 is 0 Å². The first-order valence-corrected chi connectivity index (χ1v) is 11.6. The Morgan fingerprint density at radius 1 is 1.11 bits per heavy atom. The van der Waals surface area contributed by atoms with Crippen LogP contribution >= 0.6 is 11.8 Å². The number of hydrogen-bond acceptors (Lipinski definition) is 6. The number of oxazole rings is 1. The molecular formula is C20H21N3O3S2. The first-order valence-electron chi connectivity index (χ1n) is 9.13. The van der Waals surface area contributed by atoms with Gasteiger partial charge in [-0.25, -0.2) is 18.4 Å². The van der Waals surface area contributed by atoms with Crippen LogP contribution in [-0.4, -0.2) is 35.8 Å². The van der Waals surface area contributed by atoms with Crippen molar-refractivity contribution in [3.63, 3.8) is 0 Å². The Bertz CT molecular complexity index is 1040. The van der Waals surface area contributed by atoms with Gasteiger partial charge in [-0.15, -0.1) is 0 Å². The molecule has 0 N–H and O–H groups in total. The minimum atomic E-state index is -3.42. The number of rotatable bonds is 6. The van der Waals surface area contributed by atoms with Crippen molar-refractivity contribution in [1.82, 2.24) is 14.3 Å². The summed E-state index contributed by atoms with van der Waals surface area (Å²) in [5.41, 5.74) is 2.94. The molecule has 1 aliphatic heterocycles. The first-order chi connectivity index (χ1) is 13.5. The number of pyridine rings is 1. The third kappa shape index (κ3) is 4.14. The maximum atomic E-state index is 12.5. The number of aromatic nitrogens is 2. The molecule has 0 radical (unpaired) electrons. The number of thioether (sulfide) groups is 1. The van der Waals surface area contributed by atoms with Crippen LogP contribution in [0.3, 0.4) is 0 Å². The molecule has 0 saturated carbocycles. The van der Waals surface area contributed by atoms with E-state index in [2.05, 4.69) is 9.97 Å². The summed E-state index contributed by atoms with van der Waals surface area (Å²) in [5, 5.41) is 0.750. The zero-order chi connectivity index (χ0) is 19.6. The number of benzene rings is 1. The lowest BCUT2D eigenvalue weighted by atomic mass is 10.1. The van der Waals surface area contributed by atoms with Crippen molar-refractivity contribution in [2.45, 2.75) is 35.4 Å². The van der Waals surface area contributed by atoms with E-state index in [9.17, 15) is 8.42 Å². The lowest BCUT2D eigenvalue weighted by molar-refractivity contribution is 0.477. The van der Waals surface area contributed by atoms with Crippen LogP contribution in [-0.2, 0) is 15.8 Å². The second-order valence-electron chi connectivity index (χ2n) is 6.74. The zero-order valence-corrected chi connectivity index (χ0v) is 17.2. The van der Waals surface area contributed by atoms with E-state index >= 15 is 0 Å². The Kier molecular flexibility index (Phi) is 5.52. The molecule has 2 aromatic heterocycles. The van der Waals surface area contributed by atoms with Crippen LogP contribution in [0.5, 0.6) is 0 Å². The molecule has 28 heavy (non-hydrogen) atoms. The van der Waals surface area contributed by atoms with Crippen LogP contribution in [0.1, 0.15) is 24.1 Å². The molecule has 1 saturated heterocycles. The predicted molar refractivity (Wildman–Crippen MR) is 108 cm³/mol. The van der Waals surface area contributed by atoms with E-state index in [4.69, 9.17) is 4.42 Å². The Labute approximate surface area is 169 Å². The molecule has 1 fully saturated rings. The van der Waals surface area contributed by atoms with Gasteiger partial charge in [0, 0.05) is 30.6 Å². The second kappa shape index (κ2) is 8.06. The van der Waals surface area contributed by atoms with Crippen LogP contribution in [0, 0.1) is 6.92 Å². The Morgan fingerprint density at radius 3 is 2.54 bits per heavy atom. The molecule has 1 aliphatic rings. The van der Waals surface area contributed by atoms with Gasteiger partial charge >= 0.3 is 0 Å². The van der Waals surface area contributed by atoms with Crippen molar-refractivity contribution in [2.24, 2.45) is 0 Å². The third-order valence-electron chi connectivity index (χ3n) is 4.63. The first kappa shape index (κ1) is 19.2. The number of nitrogens with zero attached hydrogens (tertiary/aromatic N) is 3. The average Bonchev–Trinajstić information content (AvgIpc) is 3.40. The monoisotopic (exact) mass is 415 g/mol. The van der Waals surface area contributed by atoms with Crippen LogP contribution in [0.2, 0.25) is 0 Å². The lowest BCUT2D eigenvalue weighted by Crippen LogP contribution is -2.27. The van der Waals surface area contributed by atoms with Gasteiger partial charge in [0.1, 0.15) is 11.2 Å². The molecule has 1 aromatic carbocycles. The van der Waals surface area contributed by atoms with E-state index in [-0.39, 0.29) is 4.90 Å². The van der Waals surface area contributed by atoms with Gasteiger partial charge in [-0.1, -0.05) is 29.5 Å². The molecule has 146 valence electrons. The fraction of sp³-hybridized carbons (Fsp3) is 0.300. The fourth-order valence-electron chi connectivity index (χ4n) is 3.03. The van der Waals surface area contributed by atoms with Gasteiger partial charge in [0.05, 0.1) is 10.7 Å². The summed E-state index contributed by atoms with van der Waals surface area (Å²) < 4.78 is 32.2. The standard InChI is InChI=1S/C20H21N3O3S2/c1-15-4-6-16(7-5-15)20-22-17(13-26-20)14-27-19-9-8-18(12-21-19)28(24,25)23-10-2-3-11-23/h4-9,12-13H,2-3,10-11,14H2,1H3. The van der Waals surface area contributed by atoms with E-state index in [1.165, 1.54) is 27.8 Å². The molecule has 0 bridgehead atoms. The van der Waals surface area contributed by atoms with Crippen molar-refractivity contribution < 1.29 is 12.8 Å². The van der Waals surface area contributed by atoms with Crippen molar-refractivity contribution in [3.05, 3.63) is 60.1 Å². The highest BCUT2D eigenvalue weighted by atomic mass is 32.2. The van der Waals surface area contributed by atoms with E-state index in [1.54, 1.807) is 18.4 Å². The van der Waals surface area contributed by atoms with Gasteiger partial charge in [-0.05, 0) is 44.0 Å². The molecule has 3 aromatic rings. The van der Waals surface area contributed by atoms with Gasteiger partial charge in [0.2, 0.25) is 15.9 Å². The second-order valence-corrected chi connectivity index (χ2v) is 9.68. The molecule has 0 aliphatic carbocycles. The molecular weight excluding hydrogens is 394 g/mol. The number of hydrogen-bond donors (Lipinski definition) is 0. The molecule has 0 atom stereocenters. The highest BCUT2D eigenvalue weighted by molar-refractivity contribution is 7.98. The third-order valence-corrected chi connectivity index (χ3v) is 7.49. The maximum Gasteiger partial charge on any atom is 0.244 e. The van der Waals surface area contributed by atoms with Gasteiger partial charge in [0.15, 0.2) is 0 Å². The summed E-state index contributed by atoms with van der Waals surface area (Å²) in [7, 11) is -3.42.